The summed E-state index contributed by atoms with van der Waals surface area (Å²) in [7, 11) is 0. The highest BCUT2D eigenvalue weighted by Crippen LogP contribution is 2.15. The van der Waals surface area contributed by atoms with Crippen LogP contribution in [-0.2, 0) is 4.79 Å². The van der Waals surface area contributed by atoms with Crippen molar-refractivity contribution in [3.63, 3.8) is 0 Å². The maximum absolute atomic E-state index is 10.8. The Morgan fingerprint density at radius 2 is 1.83 bits per heavy atom. The molecule has 0 spiro atoms. The van der Waals surface area contributed by atoms with E-state index in [9.17, 15) is 4.79 Å². The lowest BCUT2D eigenvalue weighted by Crippen LogP contribution is -2.08. The summed E-state index contributed by atoms with van der Waals surface area (Å²) < 4.78 is 0. The Morgan fingerprint density at radius 3 is 2.44 bits per heavy atom. The summed E-state index contributed by atoms with van der Waals surface area (Å²) in [5.41, 5.74) is 2.12. The molecule has 2 N–H and O–H groups in total. The molecule has 2 rings (SSSR count). The van der Waals surface area contributed by atoms with Crippen LogP contribution >= 0.6 is 0 Å². The molecule has 1 amide bonds. The highest BCUT2D eigenvalue weighted by Gasteiger charge is 2.00. The predicted octanol–water partition coefficient (Wildman–Crippen LogP) is 2.49. The van der Waals surface area contributed by atoms with Gasteiger partial charge in [-0.25, -0.2) is 0 Å². The zero-order valence-corrected chi connectivity index (χ0v) is 10.3. The molecule has 0 aliphatic rings. The van der Waals surface area contributed by atoms with E-state index in [0.29, 0.717) is 11.6 Å². The Balaban J connectivity index is 2.08. The second-order valence-corrected chi connectivity index (χ2v) is 3.98. The fourth-order valence-corrected chi connectivity index (χ4v) is 1.52. The van der Waals surface area contributed by atoms with Crippen molar-refractivity contribution in [1.29, 1.82) is 0 Å². The topological polar surface area (TPSA) is 66.9 Å². The number of nitrogens with zero attached hydrogens (tertiary/aromatic N) is 2. The van der Waals surface area contributed by atoms with Gasteiger partial charge in [0.15, 0.2) is 11.6 Å². The third kappa shape index (κ3) is 3.28. The van der Waals surface area contributed by atoms with Gasteiger partial charge in [0.05, 0.1) is 0 Å². The molecule has 2 aromatic rings. The molecule has 1 aromatic carbocycles. The lowest BCUT2D eigenvalue weighted by molar-refractivity contribution is -0.114. The van der Waals surface area contributed by atoms with Gasteiger partial charge < -0.3 is 10.6 Å². The van der Waals surface area contributed by atoms with Crippen molar-refractivity contribution in [3.8, 4) is 0 Å². The highest BCUT2D eigenvalue weighted by atomic mass is 16.1. The van der Waals surface area contributed by atoms with E-state index in [2.05, 4.69) is 20.8 Å². The molecule has 92 valence electrons. The van der Waals surface area contributed by atoms with E-state index in [1.165, 1.54) is 12.5 Å². The minimum absolute atomic E-state index is 0.163. The monoisotopic (exact) mass is 242 g/mol. The number of nitrogens with one attached hydrogen (secondary N) is 2. The Hall–Kier alpha value is -2.43. The molecule has 0 bridgehead atoms. The normalized spacial score (nSPS) is 9.89. The van der Waals surface area contributed by atoms with Gasteiger partial charge in [0.2, 0.25) is 5.91 Å². The molecular formula is C13H14N4O. The predicted molar refractivity (Wildman–Crippen MR) is 70.8 cm³/mol. The van der Waals surface area contributed by atoms with Gasteiger partial charge in [-0.1, -0.05) is 12.1 Å². The van der Waals surface area contributed by atoms with Crippen LogP contribution in [0.4, 0.5) is 17.3 Å². The van der Waals surface area contributed by atoms with Crippen molar-refractivity contribution in [2.75, 3.05) is 10.6 Å². The number of benzene rings is 1. The van der Waals surface area contributed by atoms with Gasteiger partial charge in [-0.05, 0) is 36.8 Å². The highest BCUT2D eigenvalue weighted by molar-refractivity contribution is 5.87. The van der Waals surface area contributed by atoms with E-state index in [-0.39, 0.29) is 5.91 Å². The zero-order chi connectivity index (χ0) is 13.0. The van der Waals surface area contributed by atoms with Gasteiger partial charge in [0.25, 0.3) is 0 Å². The van der Waals surface area contributed by atoms with E-state index in [1.807, 2.05) is 31.2 Å². The maximum atomic E-state index is 10.8. The summed E-state index contributed by atoms with van der Waals surface area (Å²) in [6.07, 6.45) is 0. The summed E-state index contributed by atoms with van der Waals surface area (Å²) in [5.74, 6) is 0.913. The summed E-state index contributed by atoms with van der Waals surface area (Å²) in [4.78, 5) is 10.8. The molecule has 0 saturated carbocycles. The second-order valence-electron chi connectivity index (χ2n) is 3.98. The first-order valence-electron chi connectivity index (χ1n) is 5.58. The molecule has 0 radical (unpaired) electrons. The van der Waals surface area contributed by atoms with Crippen LogP contribution in [0.25, 0.3) is 0 Å². The number of hydrogen-bond donors (Lipinski definition) is 2. The first-order chi connectivity index (χ1) is 8.63. The van der Waals surface area contributed by atoms with Crippen LogP contribution in [0.1, 0.15) is 12.5 Å². The third-order valence-electron chi connectivity index (χ3n) is 2.26. The number of carbonyl (C=O) groups excluding carboxylic acids is 1. The lowest BCUT2D eigenvalue weighted by atomic mass is 10.2. The smallest absolute Gasteiger partial charge is 0.222 e. The molecule has 18 heavy (non-hydrogen) atoms. The number of aryl methyl sites for hydroxylation is 1. The maximum Gasteiger partial charge on any atom is 0.222 e. The summed E-state index contributed by atoms with van der Waals surface area (Å²) >= 11 is 0. The van der Waals surface area contributed by atoms with Crippen LogP contribution in [0.3, 0.4) is 0 Å². The average Bonchev–Trinajstić information content (AvgIpc) is 2.31. The Labute approximate surface area is 105 Å². The molecule has 1 heterocycles. The molecule has 0 aliphatic carbocycles. The number of hydrogen-bond acceptors (Lipinski definition) is 4. The number of amides is 1. The minimum Gasteiger partial charge on any atom is -0.339 e. The summed E-state index contributed by atoms with van der Waals surface area (Å²) in [6, 6.07) is 11.4. The van der Waals surface area contributed by atoms with Gasteiger partial charge >= 0.3 is 0 Å². The molecule has 0 saturated heterocycles. The van der Waals surface area contributed by atoms with Crippen molar-refractivity contribution in [1.82, 2.24) is 10.2 Å². The molecular weight excluding hydrogens is 228 g/mol. The van der Waals surface area contributed by atoms with E-state index >= 15 is 0 Å². The largest absolute Gasteiger partial charge is 0.339 e. The summed E-state index contributed by atoms with van der Waals surface area (Å²) in [5, 5.41) is 13.6. The van der Waals surface area contributed by atoms with Crippen LogP contribution in [0.2, 0.25) is 0 Å². The number of rotatable bonds is 3. The number of anilines is 3. The fraction of sp³-hybridized carbons (Fsp3) is 0.154. The van der Waals surface area contributed by atoms with Crippen molar-refractivity contribution in [3.05, 3.63) is 42.0 Å². The summed E-state index contributed by atoms with van der Waals surface area (Å²) in [6.45, 7) is 3.46. The SMILES string of the molecule is CC(=O)Nc1ccc(Nc2cccc(C)c2)nn1. The van der Waals surface area contributed by atoms with Gasteiger partial charge in [0, 0.05) is 12.6 Å². The molecule has 1 aromatic heterocycles. The number of aromatic nitrogens is 2. The van der Waals surface area contributed by atoms with Crippen molar-refractivity contribution in [2.45, 2.75) is 13.8 Å². The standard InChI is InChI=1S/C13H14N4O/c1-9-4-3-5-11(8-9)15-13-7-6-12(16-17-13)14-10(2)18/h3-8H,1-2H3,(H,15,17)(H,14,16,18). The third-order valence-corrected chi connectivity index (χ3v) is 2.26. The van der Waals surface area contributed by atoms with Crippen LogP contribution in [0.15, 0.2) is 36.4 Å². The molecule has 0 atom stereocenters. The molecule has 5 nitrogen and oxygen atoms in total. The zero-order valence-electron chi connectivity index (χ0n) is 10.3. The van der Waals surface area contributed by atoms with Crippen molar-refractivity contribution in [2.24, 2.45) is 0 Å². The van der Waals surface area contributed by atoms with Crippen molar-refractivity contribution >= 4 is 23.2 Å². The average molecular weight is 242 g/mol. The Bertz CT molecular complexity index is 551. The fourth-order valence-electron chi connectivity index (χ4n) is 1.52. The molecule has 5 heteroatoms. The molecule has 0 unspecified atom stereocenters. The van der Waals surface area contributed by atoms with E-state index in [4.69, 9.17) is 0 Å². The minimum atomic E-state index is -0.163. The number of carbonyl (C=O) groups is 1. The van der Waals surface area contributed by atoms with Gasteiger partial charge in [0.1, 0.15) is 0 Å². The Kier molecular flexibility index (Phi) is 3.52. The Morgan fingerprint density at radius 1 is 1.11 bits per heavy atom. The molecule has 0 aliphatic heterocycles. The van der Waals surface area contributed by atoms with E-state index < -0.39 is 0 Å². The van der Waals surface area contributed by atoms with E-state index in [1.54, 1.807) is 12.1 Å². The van der Waals surface area contributed by atoms with Crippen LogP contribution < -0.4 is 10.6 Å². The van der Waals surface area contributed by atoms with Gasteiger partial charge in [-0.2, -0.15) is 0 Å². The van der Waals surface area contributed by atoms with Crippen molar-refractivity contribution < 1.29 is 4.79 Å². The quantitative estimate of drug-likeness (QED) is 0.867. The van der Waals surface area contributed by atoms with Crippen LogP contribution in [-0.4, -0.2) is 16.1 Å². The lowest BCUT2D eigenvalue weighted by Gasteiger charge is -2.06. The van der Waals surface area contributed by atoms with Gasteiger partial charge in [-0.3, -0.25) is 4.79 Å². The van der Waals surface area contributed by atoms with Crippen LogP contribution in [0, 0.1) is 6.92 Å². The molecule has 0 fully saturated rings. The second kappa shape index (κ2) is 5.27. The van der Waals surface area contributed by atoms with Gasteiger partial charge in [-0.15, -0.1) is 10.2 Å². The first-order valence-corrected chi connectivity index (χ1v) is 5.58. The van der Waals surface area contributed by atoms with Crippen LogP contribution in [0.5, 0.6) is 0 Å². The van der Waals surface area contributed by atoms with E-state index in [0.717, 1.165) is 5.69 Å². The first kappa shape index (κ1) is 12.0.